The maximum atomic E-state index is 4.87. The quantitative estimate of drug-likeness (QED) is 0.181. The Balaban J connectivity index is 1.32. The lowest BCUT2D eigenvalue weighted by molar-refractivity contribution is 1.18. The Morgan fingerprint density at radius 3 is 1.00 bits per heavy atom. The Kier molecular flexibility index (Phi) is 5.52. The van der Waals surface area contributed by atoms with Gasteiger partial charge in [-0.2, -0.15) is 0 Å². The molecule has 0 saturated heterocycles. The summed E-state index contributed by atoms with van der Waals surface area (Å²) in [7, 11) is 0. The third kappa shape index (κ3) is 3.77. The van der Waals surface area contributed by atoms with Gasteiger partial charge in [-0.3, -0.25) is 9.97 Å². The molecule has 4 nitrogen and oxygen atoms in total. The van der Waals surface area contributed by atoms with Crippen molar-refractivity contribution < 1.29 is 0 Å². The van der Waals surface area contributed by atoms with Gasteiger partial charge < -0.3 is 9.13 Å². The average molecular weight is 617 g/mol. The van der Waals surface area contributed by atoms with Gasteiger partial charge in [0.1, 0.15) is 0 Å². The molecule has 3 heterocycles. The maximum absolute atomic E-state index is 4.87. The van der Waals surface area contributed by atoms with Gasteiger partial charge in [-0.05, 0) is 111 Å². The second-order valence-corrected chi connectivity index (χ2v) is 13.5. The van der Waals surface area contributed by atoms with Crippen LogP contribution in [-0.4, -0.2) is 19.1 Å². The third-order valence-electron chi connectivity index (χ3n) is 10.2. The number of hydrogen-bond donors (Lipinski definition) is 0. The SMILES string of the molecule is Cc1ccc2c(c1)c1cc(C)ccc1n2-c1ccc2c(c1)c1cc(-n3c4ccc(C)cc4c4cc(C)ccc43)ccc1c1nccnc21. The average Bonchev–Trinajstić information content (AvgIpc) is 3.59. The van der Waals surface area contributed by atoms with E-state index in [-0.39, 0.29) is 0 Å². The lowest BCUT2D eigenvalue weighted by Crippen LogP contribution is -1.97. The summed E-state index contributed by atoms with van der Waals surface area (Å²) in [4.78, 5) is 9.73. The Morgan fingerprint density at radius 1 is 0.333 bits per heavy atom. The van der Waals surface area contributed by atoms with E-state index >= 15 is 0 Å². The Hall–Kier alpha value is -6.00. The Morgan fingerprint density at radius 2 is 0.667 bits per heavy atom. The summed E-state index contributed by atoms with van der Waals surface area (Å²) in [5, 5.41) is 9.66. The van der Waals surface area contributed by atoms with Gasteiger partial charge in [0.05, 0.1) is 33.1 Å². The van der Waals surface area contributed by atoms with Crippen molar-refractivity contribution in [2.45, 2.75) is 27.7 Å². The van der Waals surface area contributed by atoms with Gasteiger partial charge in [-0.1, -0.05) is 58.7 Å². The van der Waals surface area contributed by atoms with Crippen molar-refractivity contribution in [3.05, 3.63) is 144 Å². The van der Waals surface area contributed by atoms with Crippen LogP contribution >= 0.6 is 0 Å². The first-order chi connectivity index (χ1) is 23.4. The molecule has 4 heteroatoms. The molecule has 0 aliphatic heterocycles. The van der Waals surface area contributed by atoms with Crippen molar-refractivity contribution in [3.8, 4) is 11.4 Å². The van der Waals surface area contributed by atoms with Crippen molar-refractivity contribution in [1.29, 1.82) is 0 Å². The summed E-state index contributed by atoms with van der Waals surface area (Å²) >= 11 is 0. The molecule has 10 rings (SSSR count). The topological polar surface area (TPSA) is 35.6 Å². The molecule has 0 aliphatic rings. The van der Waals surface area contributed by atoms with Gasteiger partial charge >= 0.3 is 0 Å². The molecule has 10 aromatic rings. The van der Waals surface area contributed by atoms with Crippen LogP contribution in [0.15, 0.2) is 122 Å². The molecule has 0 N–H and O–H groups in total. The summed E-state index contributed by atoms with van der Waals surface area (Å²) < 4.78 is 4.83. The maximum Gasteiger partial charge on any atom is 0.0971 e. The first-order valence-electron chi connectivity index (χ1n) is 16.6. The predicted octanol–water partition coefficient (Wildman–Crippen LogP) is 11.4. The van der Waals surface area contributed by atoms with Crippen LogP contribution in [0.5, 0.6) is 0 Å². The van der Waals surface area contributed by atoms with Crippen molar-refractivity contribution in [1.82, 2.24) is 19.1 Å². The number of aromatic nitrogens is 4. The second-order valence-electron chi connectivity index (χ2n) is 13.5. The molecule has 48 heavy (non-hydrogen) atoms. The Labute approximate surface area is 277 Å². The molecule has 0 aliphatic carbocycles. The van der Waals surface area contributed by atoms with E-state index in [0.29, 0.717) is 0 Å². The van der Waals surface area contributed by atoms with Crippen LogP contribution < -0.4 is 0 Å². The largest absolute Gasteiger partial charge is 0.309 e. The fourth-order valence-corrected chi connectivity index (χ4v) is 7.99. The molecule has 0 atom stereocenters. The molecule has 3 aromatic heterocycles. The molecule has 0 bridgehead atoms. The van der Waals surface area contributed by atoms with E-state index < -0.39 is 0 Å². The van der Waals surface area contributed by atoms with Crippen molar-refractivity contribution in [2.75, 3.05) is 0 Å². The van der Waals surface area contributed by atoms with Crippen LogP contribution in [0.4, 0.5) is 0 Å². The summed E-state index contributed by atoms with van der Waals surface area (Å²) in [6.45, 7) is 8.68. The van der Waals surface area contributed by atoms with Crippen LogP contribution in [0.2, 0.25) is 0 Å². The normalized spacial score (nSPS) is 12.2. The first-order valence-corrected chi connectivity index (χ1v) is 16.6. The number of benzene rings is 7. The highest BCUT2D eigenvalue weighted by molar-refractivity contribution is 6.24. The minimum atomic E-state index is 0.926. The van der Waals surface area contributed by atoms with Crippen LogP contribution in [0.1, 0.15) is 22.3 Å². The minimum absolute atomic E-state index is 0.926. The van der Waals surface area contributed by atoms with E-state index in [1.165, 1.54) is 76.6 Å². The highest BCUT2D eigenvalue weighted by atomic mass is 15.0. The summed E-state index contributed by atoms with van der Waals surface area (Å²) in [5.74, 6) is 0. The molecule has 0 amide bonds. The zero-order chi connectivity index (χ0) is 32.3. The molecular formula is C44H32N4. The lowest BCUT2D eigenvalue weighted by Gasteiger charge is -2.15. The highest BCUT2D eigenvalue weighted by Crippen LogP contribution is 2.40. The van der Waals surface area contributed by atoms with Gasteiger partial charge in [-0.15, -0.1) is 0 Å². The van der Waals surface area contributed by atoms with Crippen molar-refractivity contribution in [3.63, 3.8) is 0 Å². The van der Waals surface area contributed by atoms with E-state index in [2.05, 4.69) is 146 Å². The number of rotatable bonds is 2. The smallest absolute Gasteiger partial charge is 0.0971 e. The van der Waals surface area contributed by atoms with Crippen LogP contribution in [0.3, 0.4) is 0 Å². The monoisotopic (exact) mass is 616 g/mol. The fraction of sp³-hybridized carbons (Fsp3) is 0.0909. The zero-order valence-corrected chi connectivity index (χ0v) is 27.3. The van der Waals surface area contributed by atoms with Gasteiger partial charge in [0.15, 0.2) is 0 Å². The molecule has 0 saturated carbocycles. The fourth-order valence-electron chi connectivity index (χ4n) is 7.99. The molecular weight excluding hydrogens is 585 g/mol. The third-order valence-corrected chi connectivity index (χ3v) is 10.2. The number of hydrogen-bond acceptors (Lipinski definition) is 2. The van der Waals surface area contributed by atoms with Gasteiger partial charge in [-0.25, -0.2) is 0 Å². The lowest BCUT2D eigenvalue weighted by atomic mass is 9.98. The number of nitrogens with zero attached hydrogens (tertiary/aromatic N) is 4. The van der Waals surface area contributed by atoms with Gasteiger partial charge in [0, 0.05) is 56.1 Å². The van der Waals surface area contributed by atoms with E-state index in [4.69, 9.17) is 9.97 Å². The summed E-state index contributed by atoms with van der Waals surface area (Å²) in [6.07, 6.45) is 3.60. The molecule has 228 valence electrons. The molecule has 0 radical (unpaired) electrons. The van der Waals surface area contributed by atoms with E-state index in [1.54, 1.807) is 12.4 Å². The molecule has 7 aromatic carbocycles. The summed E-state index contributed by atoms with van der Waals surface area (Å²) in [6, 6.07) is 40.8. The minimum Gasteiger partial charge on any atom is -0.309 e. The molecule has 0 unspecified atom stereocenters. The van der Waals surface area contributed by atoms with Crippen LogP contribution in [0.25, 0.3) is 87.6 Å². The molecule has 0 spiro atoms. The van der Waals surface area contributed by atoms with Crippen molar-refractivity contribution in [2.24, 2.45) is 0 Å². The summed E-state index contributed by atoms with van der Waals surface area (Å²) in [5.41, 5.74) is 14.0. The highest BCUT2D eigenvalue weighted by Gasteiger charge is 2.18. The van der Waals surface area contributed by atoms with Crippen LogP contribution in [0, 0.1) is 27.7 Å². The standard InChI is InChI=1S/C44H32N4/c1-25-5-13-39-35(19-25)36-20-26(2)6-14-40(36)47(39)29-9-11-31-33(23-29)34-24-30(10-12-32(34)44-43(31)45-17-18-46-44)48-41-15-7-27(3)21-37(41)38-22-28(4)8-16-42(38)48/h5-24H,1-4H3. The second kappa shape index (κ2) is 9.76. The zero-order valence-electron chi connectivity index (χ0n) is 27.3. The van der Waals surface area contributed by atoms with E-state index in [9.17, 15) is 0 Å². The number of fused-ring (bicyclic) bond motifs is 12. The van der Waals surface area contributed by atoms with E-state index in [1.807, 2.05) is 0 Å². The molecule has 0 fully saturated rings. The van der Waals surface area contributed by atoms with Crippen molar-refractivity contribution >= 4 is 76.2 Å². The van der Waals surface area contributed by atoms with E-state index in [0.717, 1.165) is 33.2 Å². The first kappa shape index (κ1) is 27.1. The van der Waals surface area contributed by atoms with Gasteiger partial charge in [0.2, 0.25) is 0 Å². The predicted molar refractivity (Wildman–Crippen MR) is 202 cm³/mol. The van der Waals surface area contributed by atoms with Crippen LogP contribution in [-0.2, 0) is 0 Å². The van der Waals surface area contributed by atoms with Gasteiger partial charge in [0.25, 0.3) is 0 Å². The Bertz CT molecular complexity index is 2670. The number of aryl methyl sites for hydroxylation is 4.